The van der Waals surface area contributed by atoms with Crippen LogP contribution in [0.5, 0.6) is 0 Å². The molecule has 4 nitrogen and oxygen atoms in total. The molecular weight excluding hydrogens is 245 g/mol. The number of hydrogen-bond donors (Lipinski definition) is 3. The van der Waals surface area contributed by atoms with Gasteiger partial charge in [0.1, 0.15) is 5.82 Å². The van der Waals surface area contributed by atoms with Gasteiger partial charge >= 0.3 is 6.03 Å². The Morgan fingerprint density at radius 1 is 1.42 bits per heavy atom. The zero-order valence-electron chi connectivity index (χ0n) is 11.1. The normalized spacial score (nSPS) is 20.6. The molecule has 2 amide bonds. The van der Waals surface area contributed by atoms with Gasteiger partial charge in [-0.2, -0.15) is 0 Å². The number of hydrogen-bond acceptors (Lipinski definition) is 2. The average Bonchev–Trinajstić information content (AvgIpc) is 2.42. The van der Waals surface area contributed by atoms with Gasteiger partial charge in [0.05, 0.1) is 5.69 Å². The van der Waals surface area contributed by atoms with Crippen LogP contribution < -0.4 is 16.0 Å². The summed E-state index contributed by atoms with van der Waals surface area (Å²) in [6, 6.07) is 6.08. The predicted molar refractivity (Wildman–Crippen MR) is 73.7 cm³/mol. The highest BCUT2D eigenvalue weighted by molar-refractivity contribution is 5.89. The first kappa shape index (κ1) is 13.8. The summed E-state index contributed by atoms with van der Waals surface area (Å²) in [5.74, 6) is -0.430. The van der Waals surface area contributed by atoms with E-state index in [1.54, 1.807) is 18.2 Å². The quantitative estimate of drug-likeness (QED) is 0.786. The second-order valence-corrected chi connectivity index (χ2v) is 4.92. The number of carbonyl (C=O) groups excluding carboxylic acids is 1. The lowest BCUT2D eigenvalue weighted by molar-refractivity contribution is 0.242. The zero-order chi connectivity index (χ0) is 13.7. The molecule has 1 aromatic rings. The Morgan fingerprint density at radius 2 is 2.21 bits per heavy atom. The van der Waals surface area contributed by atoms with Crippen LogP contribution in [0.1, 0.15) is 26.2 Å². The lowest BCUT2D eigenvalue weighted by Crippen LogP contribution is -2.51. The maximum absolute atomic E-state index is 13.4. The molecule has 0 bridgehead atoms. The molecule has 5 heteroatoms. The summed E-state index contributed by atoms with van der Waals surface area (Å²) in [6.07, 6.45) is 3.42. The van der Waals surface area contributed by atoms with E-state index < -0.39 is 5.82 Å². The second-order valence-electron chi connectivity index (χ2n) is 4.92. The fourth-order valence-electron chi connectivity index (χ4n) is 2.33. The predicted octanol–water partition coefficient (Wildman–Crippen LogP) is 2.48. The fraction of sp³-hybridized carbons (Fsp3) is 0.500. The van der Waals surface area contributed by atoms with E-state index in [1.807, 2.05) is 6.92 Å². The molecule has 0 aliphatic carbocycles. The fourth-order valence-corrected chi connectivity index (χ4v) is 2.33. The van der Waals surface area contributed by atoms with E-state index in [2.05, 4.69) is 16.0 Å². The van der Waals surface area contributed by atoms with Gasteiger partial charge < -0.3 is 16.0 Å². The van der Waals surface area contributed by atoms with Gasteiger partial charge in [0.2, 0.25) is 0 Å². The maximum atomic E-state index is 13.4. The smallest absolute Gasteiger partial charge is 0.319 e. The Kier molecular flexibility index (Phi) is 4.74. The minimum atomic E-state index is -0.430. The lowest BCUT2D eigenvalue weighted by atomic mass is 9.99. The molecule has 2 atom stereocenters. The molecule has 1 saturated heterocycles. The summed E-state index contributed by atoms with van der Waals surface area (Å²) in [7, 11) is 0. The SMILES string of the molecule is CC(NC(=O)Nc1ccccc1F)C1CCCCN1. The van der Waals surface area contributed by atoms with Crippen LogP contribution in [0.3, 0.4) is 0 Å². The van der Waals surface area contributed by atoms with Crippen molar-refractivity contribution in [1.29, 1.82) is 0 Å². The van der Waals surface area contributed by atoms with E-state index in [1.165, 1.54) is 18.9 Å². The Labute approximate surface area is 112 Å². The molecule has 1 aliphatic rings. The van der Waals surface area contributed by atoms with Gasteiger partial charge in [-0.15, -0.1) is 0 Å². The van der Waals surface area contributed by atoms with E-state index in [-0.39, 0.29) is 17.8 Å². The van der Waals surface area contributed by atoms with Crippen LogP contribution >= 0.6 is 0 Å². The topological polar surface area (TPSA) is 53.2 Å². The van der Waals surface area contributed by atoms with Crippen LogP contribution in [0.4, 0.5) is 14.9 Å². The molecule has 0 aromatic heterocycles. The maximum Gasteiger partial charge on any atom is 0.319 e. The molecule has 2 unspecified atom stereocenters. The first-order valence-electron chi connectivity index (χ1n) is 6.72. The van der Waals surface area contributed by atoms with Gasteiger partial charge in [-0.1, -0.05) is 18.6 Å². The number of anilines is 1. The molecule has 1 aromatic carbocycles. The molecule has 3 N–H and O–H groups in total. The van der Waals surface area contributed by atoms with Crippen LogP contribution in [-0.2, 0) is 0 Å². The highest BCUT2D eigenvalue weighted by Gasteiger charge is 2.21. The molecule has 104 valence electrons. The molecule has 2 rings (SSSR count). The number of amides is 2. The number of urea groups is 1. The highest BCUT2D eigenvalue weighted by atomic mass is 19.1. The van der Waals surface area contributed by atoms with Crippen LogP contribution in [0.25, 0.3) is 0 Å². The number of benzene rings is 1. The standard InChI is InChI=1S/C14H20FN3O/c1-10(12-7-4-5-9-16-12)17-14(19)18-13-8-3-2-6-11(13)15/h2-3,6,8,10,12,16H,4-5,7,9H2,1H3,(H2,17,18,19). The van der Waals surface area contributed by atoms with Crippen molar-refractivity contribution in [3.8, 4) is 0 Å². The van der Waals surface area contributed by atoms with Gasteiger partial charge in [0, 0.05) is 12.1 Å². The highest BCUT2D eigenvalue weighted by Crippen LogP contribution is 2.13. The third-order valence-electron chi connectivity index (χ3n) is 3.43. The molecule has 1 heterocycles. The summed E-state index contributed by atoms with van der Waals surface area (Å²) in [5.41, 5.74) is 0.198. The third-order valence-corrected chi connectivity index (χ3v) is 3.43. The number of piperidine rings is 1. The van der Waals surface area contributed by atoms with Gasteiger partial charge in [0.25, 0.3) is 0 Å². The molecule has 1 aliphatic heterocycles. The number of rotatable bonds is 3. The van der Waals surface area contributed by atoms with Gasteiger partial charge in [-0.05, 0) is 38.4 Å². The molecule has 0 saturated carbocycles. The summed E-state index contributed by atoms with van der Waals surface area (Å²) >= 11 is 0. The minimum Gasteiger partial charge on any atom is -0.334 e. The van der Waals surface area contributed by atoms with Crippen molar-refractivity contribution in [2.75, 3.05) is 11.9 Å². The molecule has 0 spiro atoms. The minimum absolute atomic E-state index is 0.0204. The van der Waals surface area contributed by atoms with Crippen molar-refractivity contribution >= 4 is 11.7 Å². The Balaban J connectivity index is 1.85. The number of para-hydroxylation sites is 1. The van der Waals surface area contributed by atoms with Crippen LogP contribution in [0.15, 0.2) is 24.3 Å². The summed E-state index contributed by atoms with van der Waals surface area (Å²) in [4.78, 5) is 11.8. The Hall–Kier alpha value is -1.62. The van der Waals surface area contributed by atoms with Crippen molar-refractivity contribution in [2.45, 2.75) is 38.3 Å². The summed E-state index contributed by atoms with van der Waals surface area (Å²) < 4.78 is 13.4. The Morgan fingerprint density at radius 3 is 2.89 bits per heavy atom. The molecular formula is C14H20FN3O. The van der Waals surface area contributed by atoms with Crippen LogP contribution in [-0.4, -0.2) is 24.7 Å². The van der Waals surface area contributed by atoms with Crippen molar-refractivity contribution in [3.63, 3.8) is 0 Å². The van der Waals surface area contributed by atoms with Gasteiger partial charge in [-0.3, -0.25) is 0 Å². The molecule has 19 heavy (non-hydrogen) atoms. The van der Waals surface area contributed by atoms with Crippen LogP contribution in [0, 0.1) is 5.82 Å². The zero-order valence-corrected chi connectivity index (χ0v) is 11.1. The van der Waals surface area contributed by atoms with Gasteiger partial charge in [-0.25, -0.2) is 9.18 Å². The lowest BCUT2D eigenvalue weighted by Gasteiger charge is -2.29. The summed E-state index contributed by atoms with van der Waals surface area (Å²) in [5, 5.41) is 8.76. The first-order chi connectivity index (χ1) is 9.16. The second kappa shape index (κ2) is 6.52. The largest absolute Gasteiger partial charge is 0.334 e. The van der Waals surface area contributed by atoms with E-state index in [0.29, 0.717) is 6.04 Å². The third kappa shape index (κ3) is 3.92. The number of halogens is 1. The van der Waals surface area contributed by atoms with E-state index in [4.69, 9.17) is 0 Å². The van der Waals surface area contributed by atoms with E-state index >= 15 is 0 Å². The van der Waals surface area contributed by atoms with Crippen molar-refractivity contribution in [2.24, 2.45) is 0 Å². The van der Waals surface area contributed by atoms with Crippen LogP contribution in [0.2, 0.25) is 0 Å². The monoisotopic (exact) mass is 265 g/mol. The first-order valence-corrected chi connectivity index (χ1v) is 6.72. The van der Waals surface area contributed by atoms with Crippen molar-refractivity contribution < 1.29 is 9.18 Å². The molecule has 1 fully saturated rings. The Bertz CT molecular complexity index is 432. The number of carbonyl (C=O) groups is 1. The number of nitrogens with one attached hydrogen (secondary N) is 3. The molecule has 0 radical (unpaired) electrons. The van der Waals surface area contributed by atoms with E-state index in [9.17, 15) is 9.18 Å². The van der Waals surface area contributed by atoms with E-state index in [0.717, 1.165) is 13.0 Å². The van der Waals surface area contributed by atoms with Gasteiger partial charge in [0.15, 0.2) is 0 Å². The summed E-state index contributed by atoms with van der Waals surface area (Å²) in [6.45, 7) is 2.95. The van der Waals surface area contributed by atoms with Crippen molar-refractivity contribution in [3.05, 3.63) is 30.1 Å². The van der Waals surface area contributed by atoms with Crippen molar-refractivity contribution in [1.82, 2.24) is 10.6 Å². The average molecular weight is 265 g/mol.